The van der Waals surface area contributed by atoms with E-state index in [1.165, 1.54) is 4.90 Å². The molecule has 0 aromatic rings. The van der Waals surface area contributed by atoms with Crippen molar-refractivity contribution >= 4 is 11.9 Å². The zero-order chi connectivity index (χ0) is 9.56. The Bertz CT molecular complexity index is 179. The van der Waals surface area contributed by atoms with Crippen molar-refractivity contribution in [3.63, 3.8) is 0 Å². The zero-order valence-corrected chi connectivity index (χ0v) is 7.63. The molecule has 0 saturated carbocycles. The fraction of sp³-hybridized carbons (Fsp3) is 0.714. The molecule has 0 atom stereocenters. The normalized spacial score (nSPS) is 11.1. The number of carbonyl (C=O) groups is 1. The number of rotatable bonds is 3. The second-order valence-corrected chi connectivity index (χ2v) is 2.20. The molecular formula is C7H14N3O2-. The van der Waals surface area contributed by atoms with Crippen LogP contribution in [0.3, 0.4) is 0 Å². The average molecular weight is 172 g/mol. The Morgan fingerprint density at radius 3 is 2.50 bits per heavy atom. The summed E-state index contributed by atoms with van der Waals surface area (Å²) >= 11 is 0. The van der Waals surface area contributed by atoms with E-state index in [0.29, 0.717) is 12.4 Å². The molecule has 0 aliphatic rings. The molecule has 0 bridgehead atoms. The van der Waals surface area contributed by atoms with Crippen molar-refractivity contribution in [2.45, 2.75) is 6.92 Å². The fourth-order valence-electron chi connectivity index (χ4n) is 0.748. The van der Waals surface area contributed by atoms with Gasteiger partial charge in [0.15, 0.2) is 0 Å². The number of likely N-dealkylation sites (N-methyl/N-ethyl adjacent to an activating group) is 2. The van der Waals surface area contributed by atoms with Crippen LogP contribution in [0.15, 0.2) is 4.99 Å². The quantitative estimate of drug-likeness (QED) is 0.434. The molecule has 12 heavy (non-hydrogen) atoms. The lowest BCUT2D eigenvalue weighted by molar-refractivity contribution is -0.264. The van der Waals surface area contributed by atoms with Crippen molar-refractivity contribution in [3.05, 3.63) is 0 Å². The summed E-state index contributed by atoms with van der Waals surface area (Å²) < 4.78 is 0. The lowest BCUT2D eigenvalue weighted by Gasteiger charge is -2.23. The highest BCUT2D eigenvalue weighted by Gasteiger charge is 2.03. The molecule has 0 heterocycles. The standard InChI is InChI=1S/C7H15N3O2/c1-4-10(7(11)12)5-6(8-2)9-3/h4-5H2,1-3H3,(H,8,9)(H,11,12)/p-1. The first-order valence-corrected chi connectivity index (χ1v) is 3.75. The minimum Gasteiger partial charge on any atom is -0.530 e. The zero-order valence-electron chi connectivity index (χ0n) is 7.63. The maximum Gasteiger partial charge on any atom is 0.137 e. The molecule has 70 valence electrons. The predicted molar refractivity (Wildman–Crippen MR) is 45.1 cm³/mol. The summed E-state index contributed by atoms with van der Waals surface area (Å²) in [6.07, 6.45) is -1.17. The van der Waals surface area contributed by atoms with Crippen LogP contribution >= 0.6 is 0 Å². The van der Waals surface area contributed by atoms with Crippen molar-refractivity contribution in [2.75, 3.05) is 27.2 Å². The Labute approximate surface area is 72.1 Å². The van der Waals surface area contributed by atoms with E-state index in [1.54, 1.807) is 21.0 Å². The SMILES string of the molecule is CCN(CC(=NC)NC)C(=O)[O-]. The van der Waals surface area contributed by atoms with Crippen LogP contribution in [0.1, 0.15) is 6.92 Å². The van der Waals surface area contributed by atoms with Gasteiger partial charge in [0.25, 0.3) is 0 Å². The van der Waals surface area contributed by atoms with Gasteiger partial charge in [-0.05, 0) is 6.92 Å². The number of amidine groups is 1. The number of hydrogen-bond acceptors (Lipinski definition) is 3. The highest BCUT2D eigenvalue weighted by Crippen LogP contribution is 1.86. The molecule has 0 aliphatic carbocycles. The van der Waals surface area contributed by atoms with Gasteiger partial charge in [-0.25, -0.2) is 0 Å². The molecule has 0 saturated heterocycles. The van der Waals surface area contributed by atoms with Crippen LogP contribution in [0.25, 0.3) is 0 Å². The van der Waals surface area contributed by atoms with E-state index in [0.717, 1.165) is 0 Å². The third kappa shape index (κ3) is 3.23. The number of aliphatic imine (C=N–C) groups is 1. The molecule has 0 fully saturated rings. The lowest BCUT2D eigenvalue weighted by atomic mass is 10.5. The summed E-state index contributed by atoms with van der Waals surface area (Å²) in [5, 5.41) is 13.2. The minimum atomic E-state index is -1.17. The van der Waals surface area contributed by atoms with Gasteiger partial charge < -0.3 is 20.1 Å². The van der Waals surface area contributed by atoms with Crippen molar-refractivity contribution < 1.29 is 9.90 Å². The first kappa shape index (κ1) is 10.7. The number of nitrogens with zero attached hydrogens (tertiary/aromatic N) is 2. The molecule has 0 radical (unpaired) electrons. The summed E-state index contributed by atoms with van der Waals surface area (Å²) in [5.41, 5.74) is 0. The highest BCUT2D eigenvalue weighted by molar-refractivity contribution is 5.86. The molecule has 0 aromatic carbocycles. The average Bonchev–Trinajstić information content (AvgIpc) is 2.06. The van der Waals surface area contributed by atoms with Gasteiger partial charge in [0.2, 0.25) is 0 Å². The van der Waals surface area contributed by atoms with Gasteiger partial charge >= 0.3 is 0 Å². The number of hydrogen-bond donors (Lipinski definition) is 1. The third-order valence-electron chi connectivity index (χ3n) is 1.54. The molecule has 0 aliphatic heterocycles. The first-order valence-electron chi connectivity index (χ1n) is 3.75. The van der Waals surface area contributed by atoms with Crippen LogP contribution in [0, 0.1) is 0 Å². The van der Waals surface area contributed by atoms with Gasteiger partial charge in [-0.1, -0.05) is 0 Å². The molecule has 0 rings (SSSR count). The minimum absolute atomic E-state index is 0.256. The molecule has 0 unspecified atom stereocenters. The van der Waals surface area contributed by atoms with Crippen molar-refractivity contribution in [2.24, 2.45) is 4.99 Å². The number of carboxylic acid groups (broad SMARTS) is 1. The van der Waals surface area contributed by atoms with E-state index in [1.807, 2.05) is 0 Å². The number of amides is 1. The second kappa shape index (κ2) is 5.40. The largest absolute Gasteiger partial charge is 0.530 e. The van der Waals surface area contributed by atoms with Gasteiger partial charge in [0, 0.05) is 20.6 Å². The Morgan fingerprint density at radius 2 is 2.25 bits per heavy atom. The van der Waals surface area contributed by atoms with E-state index in [4.69, 9.17) is 0 Å². The van der Waals surface area contributed by atoms with Crippen LogP contribution in [0.2, 0.25) is 0 Å². The summed E-state index contributed by atoms with van der Waals surface area (Å²) in [5.74, 6) is 0.626. The summed E-state index contributed by atoms with van der Waals surface area (Å²) in [6, 6.07) is 0. The maximum atomic E-state index is 10.4. The summed E-state index contributed by atoms with van der Waals surface area (Å²) in [7, 11) is 3.31. The molecular weight excluding hydrogens is 158 g/mol. The molecule has 0 spiro atoms. The lowest BCUT2D eigenvalue weighted by Crippen LogP contribution is -2.45. The first-order chi connectivity index (χ1) is 5.65. The maximum absolute atomic E-state index is 10.4. The van der Waals surface area contributed by atoms with E-state index in [-0.39, 0.29) is 6.54 Å². The van der Waals surface area contributed by atoms with E-state index in [2.05, 4.69) is 10.3 Å². The smallest absolute Gasteiger partial charge is 0.137 e. The van der Waals surface area contributed by atoms with Crippen molar-refractivity contribution in [3.8, 4) is 0 Å². The number of carbonyl (C=O) groups excluding carboxylic acids is 1. The van der Waals surface area contributed by atoms with Crippen LogP contribution in [-0.4, -0.2) is 44.0 Å². The van der Waals surface area contributed by atoms with Crippen LogP contribution in [-0.2, 0) is 0 Å². The van der Waals surface area contributed by atoms with Gasteiger partial charge in [-0.15, -0.1) is 0 Å². The van der Waals surface area contributed by atoms with Crippen LogP contribution in [0.4, 0.5) is 4.79 Å². The Morgan fingerprint density at radius 1 is 1.67 bits per heavy atom. The third-order valence-corrected chi connectivity index (χ3v) is 1.54. The Balaban J connectivity index is 4.10. The van der Waals surface area contributed by atoms with E-state index < -0.39 is 6.09 Å². The molecule has 1 N–H and O–H groups in total. The van der Waals surface area contributed by atoms with Crippen molar-refractivity contribution in [1.82, 2.24) is 10.2 Å². The predicted octanol–water partition coefficient (Wildman–Crippen LogP) is -1.10. The Hall–Kier alpha value is -1.26. The molecule has 5 nitrogen and oxygen atoms in total. The van der Waals surface area contributed by atoms with E-state index >= 15 is 0 Å². The van der Waals surface area contributed by atoms with Gasteiger partial charge in [0.1, 0.15) is 11.9 Å². The highest BCUT2D eigenvalue weighted by atomic mass is 16.4. The monoisotopic (exact) mass is 172 g/mol. The van der Waals surface area contributed by atoms with E-state index in [9.17, 15) is 9.90 Å². The van der Waals surface area contributed by atoms with Gasteiger partial charge in [-0.2, -0.15) is 0 Å². The summed E-state index contributed by atoms with van der Waals surface area (Å²) in [6.45, 7) is 2.41. The van der Waals surface area contributed by atoms with Gasteiger partial charge in [0.05, 0.1) is 6.54 Å². The number of nitrogens with one attached hydrogen (secondary N) is 1. The summed E-state index contributed by atoms with van der Waals surface area (Å²) in [4.78, 5) is 15.4. The van der Waals surface area contributed by atoms with Gasteiger partial charge in [-0.3, -0.25) is 4.99 Å². The molecule has 1 amide bonds. The Kier molecular flexibility index (Phi) is 4.83. The van der Waals surface area contributed by atoms with Crippen LogP contribution in [0.5, 0.6) is 0 Å². The molecule has 5 heteroatoms. The van der Waals surface area contributed by atoms with Crippen LogP contribution < -0.4 is 10.4 Å². The molecule has 0 aromatic heterocycles. The topological polar surface area (TPSA) is 67.8 Å². The second-order valence-electron chi connectivity index (χ2n) is 2.20. The fourth-order valence-corrected chi connectivity index (χ4v) is 0.748. The van der Waals surface area contributed by atoms with Crippen molar-refractivity contribution in [1.29, 1.82) is 0 Å².